The van der Waals surface area contributed by atoms with E-state index in [2.05, 4.69) is 28.8 Å². The maximum Gasteiger partial charge on any atom is 0.186 e. The molecule has 0 aromatic carbocycles. The van der Waals surface area contributed by atoms with Gasteiger partial charge >= 0.3 is 0 Å². The lowest BCUT2D eigenvalue weighted by Crippen LogP contribution is -2.37. The van der Waals surface area contributed by atoms with Crippen LogP contribution in [0.15, 0.2) is 41.1 Å². The summed E-state index contributed by atoms with van der Waals surface area (Å²) in [6, 6.07) is 0.442. The van der Waals surface area contributed by atoms with Gasteiger partial charge in [-0.05, 0) is 18.4 Å². The van der Waals surface area contributed by atoms with Gasteiger partial charge in [-0.15, -0.1) is 0 Å². The summed E-state index contributed by atoms with van der Waals surface area (Å²) in [6.07, 6.45) is 16.4. The highest BCUT2D eigenvalue weighted by molar-refractivity contribution is 6.43. The highest BCUT2D eigenvalue weighted by Gasteiger charge is 2.32. The number of ketones is 1. The van der Waals surface area contributed by atoms with Gasteiger partial charge in [-0.25, -0.2) is 0 Å². The van der Waals surface area contributed by atoms with Gasteiger partial charge in [-0.3, -0.25) is 4.79 Å². The molecule has 1 fully saturated rings. The van der Waals surface area contributed by atoms with Gasteiger partial charge in [-0.2, -0.15) is 5.10 Å². The number of hydrazone groups is 1. The summed E-state index contributed by atoms with van der Waals surface area (Å²) in [5.74, 6) is 0.131. The van der Waals surface area contributed by atoms with Crippen molar-refractivity contribution in [2.24, 2.45) is 16.9 Å². The molecule has 0 spiro atoms. The summed E-state index contributed by atoms with van der Waals surface area (Å²) in [4.78, 5) is 12.4. The van der Waals surface area contributed by atoms with Gasteiger partial charge in [-0.1, -0.05) is 56.6 Å². The summed E-state index contributed by atoms with van der Waals surface area (Å²) in [5.41, 5.74) is 5.14. The first-order valence-electron chi connectivity index (χ1n) is 7.69. The molecule has 3 aliphatic carbocycles. The molecule has 0 heterocycles. The molecular weight excluding hydrogens is 248 g/mol. The fourth-order valence-electron chi connectivity index (χ4n) is 3.23. The van der Waals surface area contributed by atoms with Gasteiger partial charge in [0, 0.05) is 17.9 Å². The Hall–Kier alpha value is -1.64. The summed E-state index contributed by atoms with van der Waals surface area (Å²) in [7, 11) is 0. The van der Waals surface area contributed by atoms with E-state index in [1.54, 1.807) is 0 Å². The molecule has 1 saturated carbocycles. The number of Topliss-reactive ketones (excluding diaryl/α,β-unsaturated/α-hetero) is 1. The highest BCUT2D eigenvalue weighted by Crippen LogP contribution is 2.28. The molecule has 0 amide bonds. The van der Waals surface area contributed by atoms with Crippen LogP contribution in [0.2, 0.25) is 0 Å². The summed E-state index contributed by atoms with van der Waals surface area (Å²) >= 11 is 0. The smallest absolute Gasteiger partial charge is 0.186 e. The molecule has 0 aromatic rings. The van der Waals surface area contributed by atoms with Crippen LogP contribution in [0.3, 0.4) is 0 Å². The largest absolute Gasteiger partial charge is 0.307 e. The van der Waals surface area contributed by atoms with Crippen LogP contribution in [0.5, 0.6) is 0 Å². The van der Waals surface area contributed by atoms with Gasteiger partial charge < -0.3 is 5.43 Å². The van der Waals surface area contributed by atoms with Crippen molar-refractivity contribution in [2.75, 3.05) is 0 Å². The number of nitrogens with zero attached hydrogens (tertiary/aromatic N) is 1. The quantitative estimate of drug-likeness (QED) is 0.783. The lowest BCUT2D eigenvalue weighted by Gasteiger charge is -2.27. The van der Waals surface area contributed by atoms with Crippen LogP contribution in [-0.2, 0) is 4.79 Å². The number of fused-ring (bicyclic) bond motifs is 1. The molecule has 1 N–H and O–H groups in total. The van der Waals surface area contributed by atoms with Crippen molar-refractivity contribution in [3.05, 3.63) is 36.0 Å². The Morgan fingerprint density at radius 1 is 1.20 bits per heavy atom. The van der Waals surface area contributed by atoms with E-state index in [-0.39, 0.29) is 17.6 Å². The van der Waals surface area contributed by atoms with E-state index in [1.165, 1.54) is 37.7 Å². The van der Waals surface area contributed by atoms with Crippen LogP contribution >= 0.6 is 0 Å². The average Bonchev–Trinajstić information content (AvgIpc) is 2.49. The molecule has 0 aliphatic heterocycles. The Bertz CT molecular complexity index is 507. The number of rotatable bonds is 2. The number of carbonyl (C=O) groups is 1. The zero-order valence-electron chi connectivity index (χ0n) is 12.0. The molecule has 3 rings (SSSR count). The Morgan fingerprint density at radius 2 is 2.00 bits per heavy atom. The molecular formula is C17H22N2O. The number of hydrogen-bond acceptors (Lipinski definition) is 3. The van der Waals surface area contributed by atoms with Crippen LogP contribution in [0.4, 0.5) is 0 Å². The zero-order valence-corrected chi connectivity index (χ0v) is 12.0. The predicted octanol–water partition coefficient (Wildman–Crippen LogP) is 3.15. The first-order chi connectivity index (χ1) is 9.75. The van der Waals surface area contributed by atoms with E-state index in [9.17, 15) is 4.79 Å². The Kier molecular flexibility index (Phi) is 3.86. The van der Waals surface area contributed by atoms with Gasteiger partial charge in [0.25, 0.3) is 0 Å². The standard InChI is InChI=1S/C17H22N2O/c1-12-11-13-7-5-6-10-15(13)16(17(12)20)19-18-14-8-3-2-4-9-14/h5-7,10-12,14-15,18H,2-4,8-9H2,1H3/b19-16-. The molecule has 2 atom stereocenters. The third kappa shape index (κ3) is 2.62. The normalized spacial score (nSPS) is 32.1. The van der Waals surface area contributed by atoms with Gasteiger partial charge in [0.1, 0.15) is 5.71 Å². The van der Waals surface area contributed by atoms with Gasteiger partial charge in [0.15, 0.2) is 5.78 Å². The lowest BCUT2D eigenvalue weighted by atomic mass is 9.78. The molecule has 0 bridgehead atoms. The van der Waals surface area contributed by atoms with E-state index in [1.807, 2.05) is 19.1 Å². The van der Waals surface area contributed by atoms with Crippen molar-refractivity contribution in [1.82, 2.24) is 5.43 Å². The van der Waals surface area contributed by atoms with Crippen LogP contribution in [0.25, 0.3) is 0 Å². The van der Waals surface area contributed by atoms with E-state index >= 15 is 0 Å². The molecule has 3 aliphatic rings. The second-order valence-corrected chi connectivity index (χ2v) is 6.00. The third-order valence-corrected chi connectivity index (χ3v) is 4.44. The third-order valence-electron chi connectivity index (χ3n) is 4.44. The van der Waals surface area contributed by atoms with Crippen molar-refractivity contribution >= 4 is 11.5 Å². The second-order valence-electron chi connectivity index (χ2n) is 6.00. The predicted molar refractivity (Wildman–Crippen MR) is 81.5 cm³/mol. The first-order valence-corrected chi connectivity index (χ1v) is 7.69. The van der Waals surface area contributed by atoms with Crippen molar-refractivity contribution in [3.63, 3.8) is 0 Å². The highest BCUT2D eigenvalue weighted by atomic mass is 16.1. The Balaban J connectivity index is 1.79. The SMILES string of the molecule is CC1C=C2C=CC=CC2/C(=N/NC2CCCCC2)C1=O. The summed E-state index contributed by atoms with van der Waals surface area (Å²) in [6.45, 7) is 1.95. The van der Waals surface area contributed by atoms with Crippen molar-refractivity contribution < 1.29 is 4.79 Å². The fourth-order valence-corrected chi connectivity index (χ4v) is 3.23. The van der Waals surface area contributed by atoms with E-state index in [4.69, 9.17) is 0 Å². The number of carbonyl (C=O) groups excluding carboxylic acids is 1. The van der Waals surface area contributed by atoms with Crippen molar-refractivity contribution in [2.45, 2.75) is 45.1 Å². The fraction of sp³-hybridized carbons (Fsp3) is 0.529. The maximum absolute atomic E-state index is 12.4. The second kappa shape index (κ2) is 5.78. The number of allylic oxidation sites excluding steroid dienone is 6. The molecule has 3 nitrogen and oxygen atoms in total. The van der Waals surface area contributed by atoms with E-state index < -0.39 is 0 Å². The van der Waals surface area contributed by atoms with Crippen LogP contribution in [0, 0.1) is 11.8 Å². The summed E-state index contributed by atoms with van der Waals surface area (Å²) < 4.78 is 0. The number of nitrogens with one attached hydrogen (secondary N) is 1. The van der Waals surface area contributed by atoms with Crippen molar-refractivity contribution in [3.8, 4) is 0 Å². The minimum atomic E-state index is -0.0655. The number of hydrogen-bond donors (Lipinski definition) is 1. The Labute approximate surface area is 120 Å². The molecule has 3 heteroatoms. The zero-order chi connectivity index (χ0) is 13.9. The molecule has 0 aromatic heterocycles. The van der Waals surface area contributed by atoms with Crippen LogP contribution in [0.1, 0.15) is 39.0 Å². The van der Waals surface area contributed by atoms with Crippen LogP contribution < -0.4 is 5.43 Å². The first kappa shape index (κ1) is 13.3. The molecule has 2 unspecified atom stereocenters. The maximum atomic E-state index is 12.4. The molecule has 106 valence electrons. The minimum Gasteiger partial charge on any atom is -0.307 e. The Morgan fingerprint density at radius 3 is 2.80 bits per heavy atom. The van der Waals surface area contributed by atoms with E-state index in [0.29, 0.717) is 11.8 Å². The van der Waals surface area contributed by atoms with Crippen molar-refractivity contribution in [1.29, 1.82) is 0 Å². The minimum absolute atomic E-state index is 0.0415. The molecule has 0 saturated heterocycles. The van der Waals surface area contributed by atoms with E-state index in [0.717, 1.165) is 0 Å². The lowest BCUT2D eigenvalue weighted by molar-refractivity contribution is -0.115. The molecule has 20 heavy (non-hydrogen) atoms. The van der Waals surface area contributed by atoms with Gasteiger partial charge in [0.05, 0.1) is 0 Å². The monoisotopic (exact) mass is 270 g/mol. The van der Waals surface area contributed by atoms with Crippen LogP contribution in [-0.4, -0.2) is 17.5 Å². The topological polar surface area (TPSA) is 41.5 Å². The van der Waals surface area contributed by atoms with Gasteiger partial charge in [0.2, 0.25) is 0 Å². The molecule has 0 radical (unpaired) electrons. The average molecular weight is 270 g/mol. The summed E-state index contributed by atoms with van der Waals surface area (Å²) in [5, 5.41) is 4.51.